The van der Waals surface area contributed by atoms with Crippen molar-refractivity contribution < 1.29 is 18.0 Å². The minimum Gasteiger partial charge on any atom is -0.352 e. The number of alkyl halides is 3. The van der Waals surface area contributed by atoms with Crippen molar-refractivity contribution in [3.63, 3.8) is 0 Å². The molecular formula is C20H21ClF3N3O. The predicted octanol–water partition coefficient (Wildman–Crippen LogP) is 4.34. The van der Waals surface area contributed by atoms with E-state index in [0.29, 0.717) is 44.8 Å². The second-order valence-corrected chi connectivity index (χ2v) is 7.29. The lowest BCUT2D eigenvalue weighted by molar-refractivity contribution is -0.137. The van der Waals surface area contributed by atoms with Gasteiger partial charge in [0.2, 0.25) is 5.91 Å². The maximum absolute atomic E-state index is 12.7. The van der Waals surface area contributed by atoms with Crippen LogP contribution in [0, 0.1) is 6.92 Å². The van der Waals surface area contributed by atoms with Crippen LogP contribution in [-0.2, 0) is 17.4 Å². The molecule has 150 valence electrons. The molecule has 0 aliphatic carbocycles. The molecule has 0 bridgehead atoms. The van der Waals surface area contributed by atoms with Crippen molar-refractivity contribution in [3.8, 4) is 0 Å². The molecule has 1 aromatic heterocycles. The molecule has 0 N–H and O–H groups in total. The summed E-state index contributed by atoms with van der Waals surface area (Å²) in [5.41, 5.74) is 1.43. The van der Waals surface area contributed by atoms with Crippen LogP contribution in [0.1, 0.15) is 23.1 Å². The minimum absolute atomic E-state index is 0.0333. The third-order valence-corrected chi connectivity index (χ3v) is 5.07. The number of carbonyl (C=O) groups is 1. The highest BCUT2D eigenvalue weighted by Crippen LogP contribution is 2.33. The van der Waals surface area contributed by atoms with Gasteiger partial charge in [-0.2, -0.15) is 13.2 Å². The lowest BCUT2D eigenvalue weighted by Crippen LogP contribution is -2.49. The van der Waals surface area contributed by atoms with E-state index >= 15 is 0 Å². The third-order valence-electron chi connectivity index (χ3n) is 4.79. The Balaban J connectivity index is 1.55. The van der Waals surface area contributed by atoms with Crippen molar-refractivity contribution in [2.45, 2.75) is 25.9 Å². The Labute approximate surface area is 166 Å². The fourth-order valence-corrected chi connectivity index (χ4v) is 3.55. The number of piperazine rings is 1. The topological polar surface area (TPSA) is 36.4 Å². The van der Waals surface area contributed by atoms with Crippen LogP contribution in [0.2, 0.25) is 5.02 Å². The van der Waals surface area contributed by atoms with E-state index in [1.54, 1.807) is 4.90 Å². The van der Waals surface area contributed by atoms with Crippen molar-refractivity contribution in [2.24, 2.45) is 0 Å². The van der Waals surface area contributed by atoms with Gasteiger partial charge in [-0.05, 0) is 25.0 Å². The van der Waals surface area contributed by atoms with E-state index in [1.165, 1.54) is 5.56 Å². The molecule has 0 radical (unpaired) electrons. The van der Waals surface area contributed by atoms with Gasteiger partial charge in [-0.15, -0.1) is 0 Å². The maximum atomic E-state index is 12.7. The highest BCUT2D eigenvalue weighted by Gasteiger charge is 2.32. The van der Waals surface area contributed by atoms with Gasteiger partial charge in [0.05, 0.1) is 10.6 Å². The van der Waals surface area contributed by atoms with Crippen molar-refractivity contribution in [3.05, 3.63) is 58.2 Å². The highest BCUT2D eigenvalue weighted by atomic mass is 35.5. The van der Waals surface area contributed by atoms with Crippen molar-refractivity contribution in [2.75, 3.05) is 31.1 Å². The van der Waals surface area contributed by atoms with Gasteiger partial charge in [-0.1, -0.05) is 41.4 Å². The van der Waals surface area contributed by atoms with E-state index < -0.39 is 11.7 Å². The molecule has 0 saturated carbocycles. The van der Waals surface area contributed by atoms with Gasteiger partial charge in [0.15, 0.2) is 0 Å². The number of nitrogens with zero attached hydrogens (tertiary/aromatic N) is 3. The number of carbonyl (C=O) groups excluding carboxylic acids is 1. The van der Waals surface area contributed by atoms with Gasteiger partial charge in [0.1, 0.15) is 5.82 Å². The maximum Gasteiger partial charge on any atom is 0.417 e. The largest absolute Gasteiger partial charge is 0.417 e. The number of hydrogen-bond donors (Lipinski definition) is 0. The normalized spacial score (nSPS) is 15.0. The first-order valence-corrected chi connectivity index (χ1v) is 9.43. The molecule has 1 aliphatic rings. The van der Waals surface area contributed by atoms with Crippen LogP contribution in [0.5, 0.6) is 0 Å². The first-order chi connectivity index (χ1) is 13.2. The second kappa shape index (κ2) is 8.39. The zero-order valence-electron chi connectivity index (χ0n) is 15.5. The number of rotatable bonds is 4. The Morgan fingerprint density at radius 3 is 2.50 bits per heavy atom. The van der Waals surface area contributed by atoms with Crippen LogP contribution in [0.25, 0.3) is 0 Å². The van der Waals surface area contributed by atoms with Crippen molar-refractivity contribution in [1.82, 2.24) is 9.88 Å². The number of pyridine rings is 1. The number of halogens is 4. The summed E-state index contributed by atoms with van der Waals surface area (Å²) in [6, 6.07) is 8.98. The lowest BCUT2D eigenvalue weighted by atomic mass is 10.1. The summed E-state index contributed by atoms with van der Waals surface area (Å²) < 4.78 is 38.2. The van der Waals surface area contributed by atoms with Gasteiger partial charge in [0, 0.05) is 38.8 Å². The quantitative estimate of drug-likeness (QED) is 0.750. The van der Waals surface area contributed by atoms with E-state index in [-0.39, 0.29) is 10.9 Å². The minimum atomic E-state index is -4.47. The van der Waals surface area contributed by atoms with E-state index in [4.69, 9.17) is 11.6 Å². The van der Waals surface area contributed by atoms with E-state index in [9.17, 15) is 18.0 Å². The van der Waals surface area contributed by atoms with Crippen molar-refractivity contribution in [1.29, 1.82) is 0 Å². The Morgan fingerprint density at radius 2 is 1.89 bits per heavy atom. The molecule has 8 heteroatoms. The molecule has 2 aromatic rings. The summed E-state index contributed by atoms with van der Waals surface area (Å²) in [5.74, 6) is 0.397. The molecule has 28 heavy (non-hydrogen) atoms. The fourth-order valence-electron chi connectivity index (χ4n) is 3.26. The molecule has 1 aromatic carbocycles. The average Bonchev–Trinajstić information content (AvgIpc) is 2.65. The Bertz CT molecular complexity index is 849. The summed E-state index contributed by atoms with van der Waals surface area (Å²) in [4.78, 5) is 19.9. The van der Waals surface area contributed by atoms with E-state index in [0.717, 1.165) is 17.8 Å². The van der Waals surface area contributed by atoms with E-state index in [1.807, 2.05) is 30.0 Å². The summed E-state index contributed by atoms with van der Waals surface area (Å²) in [6.45, 7) is 3.96. The van der Waals surface area contributed by atoms with Crippen LogP contribution >= 0.6 is 11.6 Å². The molecule has 1 amide bonds. The van der Waals surface area contributed by atoms with Gasteiger partial charge >= 0.3 is 6.18 Å². The standard InChI is InChI=1S/C20H21ClF3N3O/c1-14-3-2-4-15(11-14)5-6-18(28)26-7-9-27(10-8-26)19-17(21)12-16(13-25-19)20(22,23)24/h2-4,11-13H,5-10H2,1H3. The number of amides is 1. The zero-order valence-corrected chi connectivity index (χ0v) is 16.2. The SMILES string of the molecule is Cc1cccc(CCC(=O)N2CCN(c3ncc(C(F)(F)F)cc3Cl)CC2)c1. The van der Waals surface area contributed by atoms with Crippen molar-refractivity contribution >= 4 is 23.3 Å². The Kier molecular flexibility index (Phi) is 6.13. The fraction of sp³-hybridized carbons (Fsp3) is 0.400. The summed E-state index contributed by atoms with van der Waals surface area (Å²) >= 11 is 6.01. The van der Waals surface area contributed by atoms with E-state index in [2.05, 4.69) is 11.1 Å². The summed E-state index contributed by atoms with van der Waals surface area (Å²) in [6.07, 6.45) is -2.56. The van der Waals surface area contributed by atoms with Gasteiger partial charge in [-0.25, -0.2) is 4.98 Å². The lowest BCUT2D eigenvalue weighted by Gasteiger charge is -2.36. The highest BCUT2D eigenvalue weighted by molar-refractivity contribution is 6.33. The molecule has 0 atom stereocenters. The Morgan fingerprint density at radius 1 is 1.18 bits per heavy atom. The summed E-state index contributed by atoms with van der Waals surface area (Å²) in [5, 5.41) is -0.0333. The van der Waals surface area contributed by atoms with Crippen LogP contribution in [0.15, 0.2) is 36.5 Å². The molecule has 0 spiro atoms. The molecule has 1 aliphatic heterocycles. The molecule has 2 heterocycles. The van der Waals surface area contributed by atoms with Gasteiger partial charge in [-0.3, -0.25) is 4.79 Å². The third kappa shape index (κ3) is 4.95. The number of anilines is 1. The summed E-state index contributed by atoms with van der Waals surface area (Å²) in [7, 11) is 0. The smallest absolute Gasteiger partial charge is 0.352 e. The molecule has 3 rings (SSSR count). The van der Waals surface area contributed by atoms with Crippen LogP contribution in [0.3, 0.4) is 0 Å². The second-order valence-electron chi connectivity index (χ2n) is 6.88. The van der Waals surface area contributed by atoms with Crippen LogP contribution in [0.4, 0.5) is 19.0 Å². The molecule has 1 saturated heterocycles. The van der Waals surface area contributed by atoms with Crippen LogP contribution in [-0.4, -0.2) is 42.0 Å². The zero-order chi connectivity index (χ0) is 20.3. The first-order valence-electron chi connectivity index (χ1n) is 9.05. The number of aryl methyl sites for hydroxylation is 2. The van der Waals surface area contributed by atoms with Crippen LogP contribution < -0.4 is 4.90 Å². The molecule has 1 fully saturated rings. The number of benzene rings is 1. The predicted molar refractivity (Wildman–Crippen MR) is 103 cm³/mol. The number of hydrogen-bond acceptors (Lipinski definition) is 3. The molecule has 0 unspecified atom stereocenters. The van der Waals surface area contributed by atoms with Gasteiger partial charge < -0.3 is 9.80 Å². The van der Waals surface area contributed by atoms with Gasteiger partial charge in [0.25, 0.3) is 0 Å². The average molecular weight is 412 g/mol. The first kappa shape index (κ1) is 20.5. The monoisotopic (exact) mass is 411 g/mol. The molecular weight excluding hydrogens is 391 g/mol. The molecule has 4 nitrogen and oxygen atoms in total. The number of aromatic nitrogens is 1. The Hall–Kier alpha value is -2.28.